The predicted molar refractivity (Wildman–Crippen MR) is 62.2 cm³/mol. The molecule has 0 aliphatic carbocycles. The highest BCUT2D eigenvalue weighted by Crippen LogP contribution is 2.19. The van der Waals surface area contributed by atoms with Crippen LogP contribution in [0.15, 0.2) is 29.8 Å². The number of carbonyl (C=O) groups excluding carboxylic acids is 1. The lowest BCUT2D eigenvalue weighted by Gasteiger charge is -2.06. The summed E-state index contributed by atoms with van der Waals surface area (Å²) in [5.41, 5.74) is 0.425. The molecule has 3 nitrogen and oxygen atoms in total. The third kappa shape index (κ3) is 3.55. The van der Waals surface area contributed by atoms with Crippen molar-refractivity contribution in [3.05, 3.63) is 41.5 Å². The Morgan fingerprint density at radius 3 is 2.72 bits per heavy atom. The molecule has 1 aromatic carbocycles. The first kappa shape index (κ1) is 14.2. The molecule has 0 saturated carbocycles. The molecule has 0 atom stereocenters. The third-order valence-electron chi connectivity index (χ3n) is 2.31. The van der Waals surface area contributed by atoms with Crippen LogP contribution in [0.1, 0.15) is 13.3 Å². The van der Waals surface area contributed by atoms with E-state index in [4.69, 9.17) is 4.74 Å². The van der Waals surface area contributed by atoms with Gasteiger partial charge in [0.1, 0.15) is 6.61 Å². The maximum absolute atomic E-state index is 13.2. The monoisotopic (exact) mass is 256 g/mol. The van der Waals surface area contributed by atoms with Crippen LogP contribution in [0.3, 0.4) is 0 Å². The van der Waals surface area contributed by atoms with Gasteiger partial charge in [-0.25, -0.2) is 9.18 Å². The molecule has 0 heterocycles. The molecule has 0 amide bonds. The minimum atomic E-state index is -1.04. The van der Waals surface area contributed by atoms with Gasteiger partial charge in [0.25, 0.3) is 0 Å². The van der Waals surface area contributed by atoms with E-state index < -0.39 is 17.6 Å². The molecule has 0 unspecified atom stereocenters. The number of halogens is 2. The Kier molecular flexibility index (Phi) is 5.30. The molecule has 0 bridgehead atoms. The second-order valence-electron chi connectivity index (χ2n) is 3.44. The van der Waals surface area contributed by atoms with Crippen molar-refractivity contribution in [1.82, 2.24) is 0 Å². The Bertz CT molecular complexity index is 456. The van der Waals surface area contributed by atoms with Crippen molar-refractivity contribution in [2.45, 2.75) is 13.3 Å². The zero-order valence-electron chi connectivity index (χ0n) is 10.2. The molecule has 5 heteroatoms. The quantitative estimate of drug-likeness (QED) is 0.600. The predicted octanol–water partition coefficient (Wildman–Crippen LogP) is 2.85. The van der Waals surface area contributed by atoms with Crippen molar-refractivity contribution in [3.8, 4) is 5.75 Å². The van der Waals surface area contributed by atoms with E-state index in [0.717, 1.165) is 6.07 Å². The van der Waals surface area contributed by atoms with Gasteiger partial charge in [0.15, 0.2) is 11.6 Å². The summed E-state index contributed by atoms with van der Waals surface area (Å²) in [5, 5.41) is 0. The fourth-order valence-electron chi connectivity index (χ4n) is 1.33. The largest absolute Gasteiger partial charge is 0.486 e. The highest BCUT2D eigenvalue weighted by atomic mass is 19.2. The van der Waals surface area contributed by atoms with Crippen LogP contribution in [0, 0.1) is 11.6 Å². The van der Waals surface area contributed by atoms with Crippen molar-refractivity contribution in [3.63, 3.8) is 0 Å². The molecule has 0 aliphatic heterocycles. The zero-order valence-corrected chi connectivity index (χ0v) is 10.2. The van der Waals surface area contributed by atoms with Crippen molar-refractivity contribution < 1.29 is 23.0 Å². The van der Waals surface area contributed by atoms with Gasteiger partial charge < -0.3 is 9.47 Å². The van der Waals surface area contributed by atoms with Gasteiger partial charge in [-0.1, -0.05) is 13.0 Å². The lowest BCUT2D eigenvalue weighted by atomic mass is 10.2. The topological polar surface area (TPSA) is 35.5 Å². The average Bonchev–Trinajstić information content (AvgIpc) is 2.38. The Balaban J connectivity index is 2.68. The van der Waals surface area contributed by atoms with E-state index >= 15 is 0 Å². The first-order valence-electron chi connectivity index (χ1n) is 5.44. The summed E-state index contributed by atoms with van der Waals surface area (Å²) in [7, 11) is 1.28. The number of esters is 1. The van der Waals surface area contributed by atoms with E-state index in [9.17, 15) is 13.6 Å². The van der Waals surface area contributed by atoms with Gasteiger partial charge in [-0.3, -0.25) is 0 Å². The van der Waals surface area contributed by atoms with Crippen LogP contribution in [0.4, 0.5) is 8.78 Å². The van der Waals surface area contributed by atoms with Crippen LogP contribution in [0.5, 0.6) is 5.75 Å². The summed E-state index contributed by atoms with van der Waals surface area (Å²) in [5.74, 6) is -2.66. The Hall–Kier alpha value is -1.91. The van der Waals surface area contributed by atoms with Crippen molar-refractivity contribution in [2.24, 2.45) is 0 Å². The number of rotatable bonds is 5. The number of methoxy groups -OCH3 is 1. The lowest BCUT2D eigenvalue weighted by molar-refractivity contribution is -0.136. The third-order valence-corrected chi connectivity index (χ3v) is 2.31. The van der Waals surface area contributed by atoms with Crippen LogP contribution in [0.25, 0.3) is 0 Å². The molecule has 0 radical (unpaired) electrons. The number of benzene rings is 1. The summed E-state index contributed by atoms with van der Waals surface area (Å²) < 4.78 is 35.7. The molecule has 1 rings (SSSR count). The van der Waals surface area contributed by atoms with Crippen LogP contribution >= 0.6 is 0 Å². The van der Waals surface area contributed by atoms with Crippen molar-refractivity contribution in [1.29, 1.82) is 0 Å². The van der Waals surface area contributed by atoms with E-state index in [0.29, 0.717) is 12.0 Å². The number of hydrogen-bond acceptors (Lipinski definition) is 3. The first-order valence-corrected chi connectivity index (χ1v) is 5.44. The van der Waals surface area contributed by atoms with Gasteiger partial charge in [0, 0.05) is 5.57 Å². The summed E-state index contributed by atoms with van der Waals surface area (Å²) >= 11 is 0. The molecular weight excluding hydrogens is 242 g/mol. The van der Waals surface area contributed by atoms with Gasteiger partial charge in [0.2, 0.25) is 5.82 Å². The number of hydrogen-bond donors (Lipinski definition) is 0. The van der Waals surface area contributed by atoms with Crippen LogP contribution in [0.2, 0.25) is 0 Å². The van der Waals surface area contributed by atoms with Gasteiger partial charge in [-0.15, -0.1) is 0 Å². The van der Waals surface area contributed by atoms with Crippen molar-refractivity contribution in [2.75, 3.05) is 13.7 Å². The summed E-state index contributed by atoms with van der Waals surface area (Å²) in [6, 6.07) is 3.67. The van der Waals surface area contributed by atoms with Crippen LogP contribution in [-0.4, -0.2) is 19.7 Å². The minimum Gasteiger partial charge on any atom is -0.486 e. The molecule has 0 aliphatic rings. The van der Waals surface area contributed by atoms with Gasteiger partial charge in [-0.05, 0) is 24.6 Å². The SMILES string of the molecule is CCC(=CCOc1cccc(F)c1F)C(=O)OC. The van der Waals surface area contributed by atoms with E-state index in [1.165, 1.54) is 25.3 Å². The molecule has 1 aromatic rings. The second-order valence-corrected chi connectivity index (χ2v) is 3.44. The molecule has 0 saturated heterocycles. The number of carbonyl (C=O) groups is 1. The molecule has 0 fully saturated rings. The maximum atomic E-state index is 13.2. The molecule has 18 heavy (non-hydrogen) atoms. The Morgan fingerprint density at radius 2 is 2.11 bits per heavy atom. The minimum absolute atomic E-state index is 0.0291. The second kappa shape index (κ2) is 6.74. The fraction of sp³-hybridized carbons (Fsp3) is 0.308. The maximum Gasteiger partial charge on any atom is 0.333 e. The lowest BCUT2D eigenvalue weighted by Crippen LogP contribution is -2.06. The molecule has 0 aromatic heterocycles. The van der Waals surface area contributed by atoms with Gasteiger partial charge >= 0.3 is 5.97 Å². The zero-order chi connectivity index (χ0) is 13.5. The smallest absolute Gasteiger partial charge is 0.333 e. The average molecular weight is 256 g/mol. The van der Waals surface area contributed by atoms with E-state index in [-0.39, 0.29) is 12.4 Å². The molecule has 0 spiro atoms. The van der Waals surface area contributed by atoms with Crippen LogP contribution < -0.4 is 4.74 Å². The van der Waals surface area contributed by atoms with E-state index in [1.54, 1.807) is 6.92 Å². The van der Waals surface area contributed by atoms with Gasteiger partial charge in [0.05, 0.1) is 7.11 Å². The molecule has 98 valence electrons. The Morgan fingerprint density at radius 1 is 1.39 bits per heavy atom. The van der Waals surface area contributed by atoms with E-state index in [2.05, 4.69) is 4.74 Å². The van der Waals surface area contributed by atoms with E-state index in [1.807, 2.05) is 0 Å². The molecular formula is C13H14F2O3. The highest BCUT2D eigenvalue weighted by Gasteiger charge is 2.09. The standard InChI is InChI=1S/C13H14F2O3/c1-3-9(13(16)17-2)7-8-18-11-6-4-5-10(14)12(11)15/h4-7H,3,8H2,1-2H3. The fourth-order valence-corrected chi connectivity index (χ4v) is 1.33. The highest BCUT2D eigenvalue weighted by molar-refractivity contribution is 5.88. The Labute approximate surface area is 104 Å². The number of ether oxygens (including phenoxy) is 2. The summed E-state index contributed by atoms with van der Waals surface area (Å²) in [6.45, 7) is 1.75. The normalized spacial score (nSPS) is 11.2. The molecule has 0 N–H and O–H groups in total. The summed E-state index contributed by atoms with van der Waals surface area (Å²) in [4.78, 5) is 11.2. The van der Waals surface area contributed by atoms with Crippen LogP contribution in [-0.2, 0) is 9.53 Å². The van der Waals surface area contributed by atoms with Gasteiger partial charge in [-0.2, -0.15) is 4.39 Å². The summed E-state index contributed by atoms with van der Waals surface area (Å²) in [6.07, 6.45) is 1.96. The first-order chi connectivity index (χ1) is 8.60. The van der Waals surface area contributed by atoms with Crippen molar-refractivity contribution >= 4 is 5.97 Å².